The quantitative estimate of drug-likeness (QED) is 0.130. The Morgan fingerprint density at radius 3 is 2.27 bits per heavy atom. The van der Waals surface area contributed by atoms with Crippen LogP contribution in [0, 0.1) is 24.8 Å². The van der Waals surface area contributed by atoms with Crippen molar-refractivity contribution in [1.82, 2.24) is 9.97 Å². The summed E-state index contributed by atoms with van der Waals surface area (Å²) in [6, 6.07) is 38.1. The summed E-state index contributed by atoms with van der Waals surface area (Å²) in [6.07, 6.45) is 3.65. The van der Waals surface area contributed by atoms with Crippen molar-refractivity contribution in [2.75, 3.05) is 0 Å². The van der Waals surface area contributed by atoms with Gasteiger partial charge in [-0.3, -0.25) is 0 Å². The maximum Gasteiger partial charge on any atom is 0 e. The molecule has 0 aliphatic heterocycles. The van der Waals surface area contributed by atoms with E-state index in [4.69, 9.17) is 4.11 Å². The van der Waals surface area contributed by atoms with Crippen LogP contribution >= 0.6 is 11.3 Å². The largest absolute Gasteiger partial charge is 0 e. The molecule has 0 spiro atoms. The van der Waals surface area contributed by atoms with Gasteiger partial charge in [0, 0.05) is 40.7 Å². The molecule has 0 saturated heterocycles. The van der Waals surface area contributed by atoms with Gasteiger partial charge in [-0.15, -0.1) is 23.8 Å². The van der Waals surface area contributed by atoms with E-state index >= 15 is 0 Å². The molecule has 0 N–H and O–H groups in total. The van der Waals surface area contributed by atoms with E-state index in [-0.39, 0.29) is 31.5 Å². The van der Waals surface area contributed by atoms with Crippen molar-refractivity contribution in [3.8, 4) is 33.6 Å². The monoisotopic (exact) mass is 836 g/mol. The van der Waals surface area contributed by atoms with Gasteiger partial charge in [0.15, 0.2) is 0 Å². The molecule has 44 heavy (non-hydrogen) atoms. The minimum atomic E-state index is -2.29. The van der Waals surface area contributed by atoms with Crippen LogP contribution in [0.5, 0.6) is 0 Å². The molecular formula is C38H31FGeIrN2S-2. The van der Waals surface area contributed by atoms with E-state index in [2.05, 4.69) is 51.5 Å². The van der Waals surface area contributed by atoms with E-state index in [0.717, 1.165) is 42.6 Å². The van der Waals surface area contributed by atoms with Crippen LogP contribution in [0.15, 0.2) is 116 Å². The fourth-order valence-electron chi connectivity index (χ4n) is 4.89. The van der Waals surface area contributed by atoms with Crippen LogP contribution in [0.4, 0.5) is 4.39 Å². The van der Waals surface area contributed by atoms with E-state index < -0.39 is 20.1 Å². The van der Waals surface area contributed by atoms with Crippen molar-refractivity contribution in [1.29, 1.82) is 0 Å². The number of halogens is 1. The minimum Gasteiger partial charge on any atom is 0 e. The predicted molar refractivity (Wildman–Crippen MR) is 183 cm³/mol. The third-order valence-corrected chi connectivity index (χ3v) is 12.7. The predicted octanol–water partition coefficient (Wildman–Crippen LogP) is 10.1. The second-order valence-corrected chi connectivity index (χ2v) is 23.0. The van der Waals surface area contributed by atoms with Crippen molar-refractivity contribution in [2.24, 2.45) is 0 Å². The molecular weight excluding hydrogens is 800 g/mol. The Morgan fingerprint density at radius 2 is 1.57 bits per heavy atom. The van der Waals surface area contributed by atoms with Crippen LogP contribution in [-0.4, -0.2) is 23.2 Å². The van der Waals surface area contributed by atoms with Gasteiger partial charge in [0.1, 0.15) is 5.82 Å². The van der Waals surface area contributed by atoms with Crippen molar-refractivity contribution >= 4 is 49.2 Å². The van der Waals surface area contributed by atoms with Gasteiger partial charge in [0.05, 0.1) is 0 Å². The maximum absolute atomic E-state index is 13.8. The number of hydrogen-bond acceptors (Lipinski definition) is 3. The summed E-state index contributed by atoms with van der Waals surface area (Å²) >= 11 is -0.189. The van der Waals surface area contributed by atoms with E-state index in [1.807, 2.05) is 66.9 Å². The van der Waals surface area contributed by atoms with Crippen LogP contribution in [-0.2, 0) is 20.1 Å². The van der Waals surface area contributed by atoms with E-state index in [1.54, 1.807) is 24.4 Å². The summed E-state index contributed by atoms with van der Waals surface area (Å²) in [5, 5.41) is 1.75. The van der Waals surface area contributed by atoms with Gasteiger partial charge in [-0.1, -0.05) is 41.8 Å². The molecule has 0 aliphatic rings. The summed E-state index contributed by atoms with van der Waals surface area (Å²) in [5.74, 6) is 6.86. The summed E-state index contributed by atoms with van der Waals surface area (Å²) in [6.45, 7) is -2.29. The first-order chi connectivity index (χ1) is 22.0. The molecule has 0 saturated carbocycles. The molecule has 0 amide bonds. The molecule has 0 unspecified atom stereocenters. The molecule has 0 bridgehead atoms. The average molecular weight is 835 g/mol. The summed E-state index contributed by atoms with van der Waals surface area (Å²) in [4.78, 5) is 9.12. The summed E-state index contributed by atoms with van der Waals surface area (Å²) < 4.78 is 41.3. The zero-order valence-electron chi connectivity index (χ0n) is 27.5. The Bertz CT molecular complexity index is 2130. The molecule has 3 aromatic heterocycles. The van der Waals surface area contributed by atoms with Crippen LogP contribution < -0.4 is 4.40 Å². The molecule has 1 radical (unpaired) electrons. The SMILES string of the molecule is [2H]C([2H])([2H])c1cc(-c2[c-]ccc3c2sc2ccc(F)cc23)ncc1-c1ccccc1.[CH3][Ge]([CH3])([CH3])[c]1ccc(-c2[c-]cccc2)nc1.[Ir]. The van der Waals surface area contributed by atoms with Crippen molar-refractivity contribution in [3.05, 3.63) is 139 Å². The number of nitrogens with zero attached hydrogens (tertiary/aromatic N) is 2. The molecule has 0 fully saturated rings. The van der Waals surface area contributed by atoms with Crippen molar-refractivity contribution in [2.45, 2.75) is 24.1 Å². The van der Waals surface area contributed by atoms with Gasteiger partial charge < -0.3 is 4.98 Å². The molecule has 0 atom stereocenters. The summed E-state index contributed by atoms with van der Waals surface area (Å²) in [5.41, 5.74) is 4.98. The third kappa shape index (κ3) is 6.92. The number of thiophene rings is 1. The first-order valence-electron chi connectivity index (χ1n) is 15.5. The third-order valence-electron chi connectivity index (χ3n) is 7.25. The number of fused-ring (bicyclic) bond motifs is 3. The van der Waals surface area contributed by atoms with Crippen LogP contribution in [0.3, 0.4) is 0 Å². The number of hydrogen-bond donors (Lipinski definition) is 0. The Hall–Kier alpha value is -3.48. The zero-order chi connectivity index (χ0) is 32.5. The first-order valence-corrected chi connectivity index (χ1v) is 22.2. The van der Waals surface area contributed by atoms with E-state index in [1.165, 1.54) is 27.9 Å². The number of aromatic nitrogens is 2. The fraction of sp³-hybridized carbons (Fsp3) is 0.105. The molecule has 7 rings (SSSR count). The van der Waals surface area contributed by atoms with Crippen LogP contribution in [0.2, 0.25) is 17.3 Å². The van der Waals surface area contributed by atoms with Crippen LogP contribution in [0.25, 0.3) is 53.8 Å². The molecule has 7 aromatic rings. The maximum atomic E-state index is 13.8. The van der Waals surface area contributed by atoms with E-state index in [0.29, 0.717) is 11.3 Å². The summed E-state index contributed by atoms with van der Waals surface area (Å²) in [7, 11) is 0. The van der Waals surface area contributed by atoms with Gasteiger partial charge in [0.2, 0.25) is 0 Å². The van der Waals surface area contributed by atoms with Gasteiger partial charge in [0.25, 0.3) is 0 Å². The molecule has 6 heteroatoms. The molecule has 4 aromatic carbocycles. The Morgan fingerprint density at radius 1 is 0.773 bits per heavy atom. The number of benzene rings is 4. The van der Waals surface area contributed by atoms with Gasteiger partial charge in [-0.25, -0.2) is 4.39 Å². The second kappa shape index (κ2) is 13.7. The zero-order valence-corrected chi connectivity index (χ0v) is 29.8. The Kier molecular flexibility index (Phi) is 8.70. The molecule has 0 aliphatic carbocycles. The number of rotatable bonds is 4. The fourth-order valence-corrected chi connectivity index (χ4v) is 8.25. The average Bonchev–Trinajstić information content (AvgIpc) is 3.43. The van der Waals surface area contributed by atoms with E-state index in [9.17, 15) is 4.39 Å². The van der Waals surface area contributed by atoms with Gasteiger partial charge in [-0.05, 0) is 52.0 Å². The second-order valence-electron chi connectivity index (χ2n) is 11.3. The standard InChI is InChI=1S/C24H15FNS.C14H16GeN.Ir/c1-15-12-22(26-14-21(15)16-6-3-2-4-7-16)19-9-5-8-18-20-13-17(25)10-11-23(20)27-24(18)19;1-15(2,3)13-9-10-14(16-11-13)12-7-5-4-6-8-12;/h2-8,10-14H,1H3;4-7,9-11H,1-3H3;/q2*-1;/i1D3;;. The molecule has 221 valence electrons. The van der Waals surface area contributed by atoms with Crippen molar-refractivity contribution < 1.29 is 28.6 Å². The first kappa shape index (κ1) is 28.0. The number of aryl methyl sites for hydroxylation is 1. The topological polar surface area (TPSA) is 25.8 Å². The molecule has 3 heterocycles. The van der Waals surface area contributed by atoms with Crippen LogP contribution in [0.1, 0.15) is 9.68 Å². The smallest absolute Gasteiger partial charge is 0 e. The minimum absolute atomic E-state index is 0. The Labute approximate surface area is 283 Å². The van der Waals surface area contributed by atoms with Crippen molar-refractivity contribution in [3.63, 3.8) is 0 Å². The van der Waals surface area contributed by atoms with Gasteiger partial charge >= 0.3 is 99.8 Å². The van der Waals surface area contributed by atoms with Gasteiger partial charge in [-0.2, -0.15) is 11.3 Å². The normalized spacial score (nSPS) is 12.4. The Balaban J connectivity index is 0.000000217. The molecule has 2 nitrogen and oxygen atoms in total. The number of pyridine rings is 2.